The first kappa shape index (κ1) is 16.2. The molecule has 0 N–H and O–H groups in total. The van der Waals surface area contributed by atoms with Crippen molar-refractivity contribution >= 4 is 27.5 Å². The Labute approximate surface area is 139 Å². The molecule has 2 aromatic rings. The molecule has 4 heteroatoms. The van der Waals surface area contributed by atoms with Crippen LogP contribution in [0.3, 0.4) is 0 Å². The van der Waals surface area contributed by atoms with Crippen LogP contribution in [0, 0.1) is 0 Å². The molecule has 0 heterocycles. The molecule has 0 fully saturated rings. The molecule has 1 unspecified atom stereocenters. The second kappa shape index (κ2) is 7.19. The highest BCUT2D eigenvalue weighted by atomic mass is 79.9. The van der Waals surface area contributed by atoms with Crippen molar-refractivity contribution in [1.82, 2.24) is 0 Å². The topological polar surface area (TPSA) is 18.5 Å². The van der Waals surface area contributed by atoms with Gasteiger partial charge in [-0.05, 0) is 45.6 Å². The molecular weight excluding hydrogens is 352 g/mol. The molecule has 0 amide bonds. The summed E-state index contributed by atoms with van der Waals surface area (Å²) in [5.74, 6) is 1.43. The van der Waals surface area contributed by atoms with Gasteiger partial charge >= 0.3 is 0 Å². The zero-order chi connectivity index (χ0) is 15.4. The zero-order valence-electron chi connectivity index (χ0n) is 12.3. The van der Waals surface area contributed by atoms with Crippen molar-refractivity contribution in [3.05, 3.63) is 57.6 Å². The number of benzene rings is 2. The van der Waals surface area contributed by atoms with Crippen LogP contribution in [-0.2, 0) is 6.42 Å². The maximum atomic E-state index is 6.64. The summed E-state index contributed by atoms with van der Waals surface area (Å²) in [7, 11) is 3.26. The lowest BCUT2D eigenvalue weighted by Gasteiger charge is -2.17. The predicted molar refractivity (Wildman–Crippen MR) is 90.8 cm³/mol. The van der Waals surface area contributed by atoms with Gasteiger partial charge in [0.05, 0.1) is 19.6 Å². The number of aryl methyl sites for hydroxylation is 1. The average Bonchev–Trinajstić information content (AvgIpc) is 2.54. The van der Waals surface area contributed by atoms with Crippen LogP contribution in [0.5, 0.6) is 11.5 Å². The van der Waals surface area contributed by atoms with E-state index < -0.39 is 0 Å². The lowest BCUT2D eigenvalue weighted by atomic mass is 10.0. The normalized spacial score (nSPS) is 12.0. The SMILES string of the molecule is CCc1ccc(C(Cl)c2ccc(OC)c(Br)c2OC)cc1. The highest BCUT2D eigenvalue weighted by Gasteiger charge is 2.20. The molecule has 0 radical (unpaired) electrons. The first-order valence-electron chi connectivity index (χ1n) is 6.75. The summed E-state index contributed by atoms with van der Waals surface area (Å²) in [6, 6.07) is 12.2. The molecule has 2 aromatic carbocycles. The van der Waals surface area contributed by atoms with E-state index in [1.807, 2.05) is 12.1 Å². The minimum Gasteiger partial charge on any atom is -0.495 e. The minimum atomic E-state index is -0.270. The van der Waals surface area contributed by atoms with E-state index in [9.17, 15) is 0 Å². The summed E-state index contributed by atoms with van der Waals surface area (Å²) < 4.78 is 11.6. The summed E-state index contributed by atoms with van der Waals surface area (Å²) in [5, 5.41) is -0.270. The molecule has 0 aromatic heterocycles. The Balaban J connectivity index is 2.42. The molecule has 0 saturated carbocycles. The van der Waals surface area contributed by atoms with Crippen LogP contribution in [0.4, 0.5) is 0 Å². The molecule has 0 saturated heterocycles. The van der Waals surface area contributed by atoms with E-state index >= 15 is 0 Å². The van der Waals surface area contributed by atoms with Crippen molar-refractivity contribution in [2.75, 3.05) is 14.2 Å². The van der Waals surface area contributed by atoms with E-state index in [-0.39, 0.29) is 5.38 Å². The van der Waals surface area contributed by atoms with Crippen LogP contribution >= 0.6 is 27.5 Å². The van der Waals surface area contributed by atoms with Crippen LogP contribution in [-0.4, -0.2) is 14.2 Å². The molecule has 0 aliphatic rings. The van der Waals surface area contributed by atoms with Gasteiger partial charge in [0, 0.05) is 5.56 Å². The molecule has 0 aliphatic heterocycles. The molecule has 112 valence electrons. The number of ether oxygens (including phenoxy) is 2. The van der Waals surface area contributed by atoms with Crippen LogP contribution < -0.4 is 9.47 Å². The van der Waals surface area contributed by atoms with Crippen LogP contribution in [0.15, 0.2) is 40.9 Å². The molecule has 0 bridgehead atoms. The highest BCUT2D eigenvalue weighted by Crippen LogP contribution is 2.43. The van der Waals surface area contributed by atoms with E-state index in [4.69, 9.17) is 21.1 Å². The fourth-order valence-corrected chi connectivity index (χ4v) is 3.22. The van der Waals surface area contributed by atoms with Gasteiger partial charge in [-0.3, -0.25) is 0 Å². The van der Waals surface area contributed by atoms with E-state index in [0.29, 0.717) is 5.75 Å². The first-order valence-corrected chi connectivity index (χ1v) is 7.98. The molecule has 21 heavy (non-hydrogen) atoms. The summed E-state index contributed by atoms with van der Waals surface area (Å²) in [4.78, 5) is 0. The van der Waals surface area contributed by atoms with E-state index in [1.54, 1.807) is 14.2 Å². The number of hydrogen-bond donors (Lipinski definition) is 0. The molecule has 0 aliphatic carbocycles. The van der Waals surface area contributed by atoms with Gasteiger partial charge in [-0.15, -0.1) is 11.6 Å². The third-order valence-corrected chi connectivity index (χ3v) is 4.71. The summed E-state index contributed by atoms with van der Waals surface area (Å²) in [6.45, 7) is 2.14. The summed E-state index contributed by atoms with van der Waals surface area (Å²) in [5.41, 5.74) is 3.26. The standard InChI is InChI=1S/C17H18BrClO2/c1-4-11-5-7-12(8-6-11)16(19)13-9-10-14(20-2)15(18)17(13)21-3/h5-10,16H,4H2,1-3H3. The molecule has 2 rings (SSSR count). The van der Waals surface area contributed by atoms with Crippen molar-refractivity contribution in [3.8, 4) is 11.5 Å². The van der Waals surface area contributed by atoms with E-state index in [0.717, 1.165) is 27.8 Å². The van der Waals surface area contributed by atoms with Crippen molar-refractivity contribution in [2.24, 2.45) is 0 Å². The summed E-state index contributed by atoms with van der Waals surface area (Å²) >= 11 is 10.1. The Hall–Kier alpha value is -1.19. The molecular formula is C17H18BrClO2. The van der Waals surface area contributed by atoms with Gasteiger partial charge in [-0.25, -0.2) is 0 Å². The second-order valence-electron chi connectivity index (χ2n) is 4.66. The number of rotatable bonds is 5. The Bertz CT molecular complexity index is 611. The smallest absolute Gasteiger partial charge is 0.141 e. The molecule has 0 spiro atoms. The molecule has 1 atom stereocenters. The Kier molecular flexibility index (Phi) is 5.54. The lowest BCUT2D eigenvalue weighted by Crippen LogP contribution is -2.00. The van der Waals surface area contributed by atoms with Gasteiger partial charge in [0.25, 0.3) is 0 Å². The lowest BCUT2D eigenvalue weighted by molar-refractivity contribution is 0.386. The van der Waals surface area contributed by atoms with Gasteiger partial charge in [-0.2, -0.15) is 0 Å². The number of methoxy groups -OCH3 is 2. The second-order valence-corrected chi connectivity index (χ2v) is 5.89. The first-order chi connectivity index (χ1) is 10.1. The maximum absolute atomic E-state index is 6.64. The van der Waals surface area contributed by atoms with Gasteiger partial charge in [0.1, 0.15) is 16.0 Å². The van der Waals surface area contributed by atoms with Gasteiger partial charge < -0.3 is 9.47 Å². The van der Waals surface area contributed by atoms with Crippen LogP contribution in [0.1, 0.15) is 29.0 Å². The number of halogens is 2. The quantitative estimate of drug-likeness (QED) is 0.661. The Morgan fingerprint density at radius 2 is 1.71 bits per heavy atom. The third-order valence-electron chi connectivity index (χ3n) is 3.47. The maximum Gasteiger partial charge on any atom is 0.141 e. The van der Waals surface area contributed by atoms with E-state index in [2.05, 4.69) is 47.1 Å². The Morgan fingerprint density at radius 3 is 2.24 bits per heavy atom. The summed E-state index contributed by atoms with van der Waals surface area (Å²) in [6.07, 6.45) is 1.02. The average molecular weight is 370 g/mol. The number of hydrogen-bond acceptors (Lipinski definition) is 2. The fourth-order valence-electron chi connectivity index (χ4n) is 2.22. The Morgan fingerprint density at radius 1 is 1.05 bits per heavy atom. The zero-order valence-corrected chi connectivity index (χ0v) is 14.7. The van der Waals surface area contributed by atoms with Crippen LogP contribution in [0.25, 0.3) is 0 Å². The van der Waals surface area contributed by atoms with Gasteiger partial charge in [0.2, 0.25) is 0 Å². The van der Waals surface area contributed by atoms with Gasteiger partial charge in [-0.1, -0.05) is 31.2 Å². The predicted octanol–water partition coefficient (Wildman–Crippen LogP) is 5.36. The monoisotopic (exact) mass is 368 g/mol. The minimum absolute atomic E-state index is 0.270. The van der Waals surface area contributed by atoms with E-state index in [1.165, 1.54) is 5.56 Å². The fraction of sp³-hybridized carbons (Fsp3) is 0.294. The van der Waals surface area contributed by atoms with Crippen LogP contribution in [0.2, 0.25) is 0 Å². The highest BCUT2D eigenvalue weighted by molar-refractivity contribution is 9.10. The van der Waals surface area contributed by atoms with Crippen molar-refractivity contribution in [3.63, 3.8) is 0 Å². The third kappa shape index (κ3) is 3.35. The van der Waals surface area contributed by atoms with Crippen molar-refractivity contribution in [1.29, 1.82) is 0 Å². The van der Waals surface area contributed by atoms with Crippen molar-refractivity contribution in [2.45, 2.75) is 18.7 Å². The van der Waals surface area contributed by atoms with Gasteiger partial charge in [0.15, 0.2) is 0 Å². The largest absolute Gasteiger partial charge is 0.495 e. The number of alkyl halides is 1. The molecule has 2 nitrogen and oxygen atoms in total. The van der Waals surface area contributed by atoms with Crippen molar-refractivity contribution < 1.29 is 9.47 Å².